The predicted molar refractivity (Wildman–Crippen MR) is 59.3 cm³/mol. The van der Waals surface area contributed by atoms with E-state index in [1.54, 1.807) is 0 Å². The van der Waals surface area contributed by atoms with E-state index in [0.29, 0.717) is 0 Å². The van der Waals surface area contributed by atoms with Crippen LogP contribution < -0.4 is 4.90 Å². The molecule has 0 unspecified atom stereocenters. The first-order chi connectivity index (χ1) is 6.59. The van der Waals surface area contributed by atoms with Gasteiger partial charge in [0.15, 0.2) is 0 Å². The Bertz CT molecular complexity index is 473. The summed E-state index contributed by atoms with van der Waals surface area (Å²) in [6.07, 6.45) is 3.77. The van der Waals surface area contributed by atoms with Crippen LogP contribution in [0.4, 0.5) is 5.69 Å². The zero-order valence-electron chi connectivity index (χ0n) is 8.45. The summed E-state index contributed by atoms with van der Waals surface area (Å²) >= 11 is 6.14. The molecule has 0 saturated carbocycles. The number of halogens is 1. The smallest absolute Gasteiger partial charge is 0.0737 e. The van der Waals surface area contributed by atoms with Crippen molar-refractivity contribution in [1.29, 1.82) is 0 Å². The Morgan fingerprint density at radius 1 is 1.43 bits per heavy atom. The molecule has 14 heavy (non-hydrogen) atoms. The highest BCUT2D eigenvalue weighted by Gasteiger charge is 2.07. The molecule has 2 heterocycles. The van der Waals surface area contributed by atoms with Crippen molar-refractivity contribution in [2.75, 3.05) is 19.0 Å². The van der Waals surface area contributed by atoms with Crippen molar-refractivity contribution >= 4 is 22.8 Å². The highest BCUT2D eigenvalue weighted by atomic mass is 35.5. The van der Waals surface area contributed by atoms with Crippen molar-refractivity contribution < 1.29 is 0 Å². The second-order valence-corrected chi connectivity index (χ2v) is 3.97. The van der Waals surface area contributed by atoms with Crippen LogP contribution in [0.5, 0.6) is 0 Å². The highest BCUT2D eigenvalue weighted by Crippen LogP contribution is 2.26. The van der Waals surface area contributed by atoms with E-state index in [1.165, 1.54) is 0 Å². The highest BCUT2D eigenvalue weighted by molar-refractivity contribution is 6.33. The lowest BCUT2D eigenvalue weighted by Gasteiger charge is -2.14. The number of hydrogen-bond donors (Lipinski definition) is 0. The molecule has 0 aliphatic rings. The number of fused-ring (bicyclic) bond motifs is 1. The van der Waals surface area contributed by atoms with Crippen LogP contribution in [0.2, 0.25) is 5.02 Å². The zero-order chi connectivity index (χ0) is 10.3. The van der Waals surface area contributed by atoms with Gasteiger partial charge in [-0.25, -0.2) is 4.52 Å². The number of aromatic nitrogens is 2. The summed E-state index contributed by atoms with van der Waals surface area (Å²) < 4.78 is 1.84. The Kier molecular flexibility index (Phi) is 2.11. The van der Waals surface area contributed by atoms with Crippen LogP contribution in [0.25, 0.3) is 5.52 Å². The second-order valence-electron chi connectivity index (χ2n) is 3.56. The van der Waals surface area contributed by atoms with Gasteiger partial charge in [0.1, 0.15) is 0 Å². The summed E-state index contributed by atoms with van der Waals surface area (Å²) in [7, 11) is 3.92. The van der Waals surface area contributed by atoms with Crippen molar-refractivity contribution in [1.82, 2.24) is 9.61 Å². The average Bonchev–Trinajstić information content (AvgIpc) is 2.46. The van der Waals surface area contributed by atoms with Crippen LogP contribution in [0.15, 0.2) is 18.5 Å². The summed E-state index contributed by atoms with van der Waals surface area (Å²) in [5.74, 6) is 0. The molecular formula is C10H12ClN3. The maximum atomic E-state index is 6.14. The maximum absolute atomic E-state index is 6.14. The quantitative estimate of drug-likeness (QED) is 0.719. The van der Waals surface area contributed by atoms with Gasteiger partial charge in [-0.05, 0) is 18.6 Å². The Balaban J connectivity index is 2.72. The molecule has 0 N–H and O–H groups in total. The van der Waals surface area contributed by atoms with Crippen molar-refractivity contribution in [3.8, 4) is 0 Å². The van der Waals surface area contributed by atoms with Crippen molar-refractivity contribution in [2.45, 2.75) is 6.92 Å². The Morgan fingerprint density at radius 2 is 2.14 bits per heavy atom. The van der Waals surface area contributed by atoms with Gasteiger partial charge in [0.05, 0.1) is 28.6 Å². The first kappa shape index (κ1) is 9.34. The first-order valence-corrected chi connectivity index (χ1v) is 4.78. The summed E-state index contributed by atoms with van der Waals surface area (Å²) in [5.41, 5.74) is 3.17. The van der Waals surface area contributed by atoms with Crippen LogP contribution in [0.1, 0.15) is 5.56 Å². The van der Waals surface area contributed by atoms with Gasteiger partial charge in [-0.15, -0.1) is 0 Å². The van der Waals surface area contributed by atoms with Gasteiger partial charge in [0.2, 0.25) is 0 Å². The summed E-state index contributed by atoms with van der Waals surface area (Å²) in [4.78, 5) is 1.97. The maximum Gasteiger partial charge on any atom is 0.0737 e. The fourth-order valence-electron chi connectivity index (χ4n) is 1.44. The molecule has 0 aliphatic carbocycles. The van der Waals surface area contributed by atoms with E-state index in [2.05, 4.69) is 5.10 Å². The molecule has 3 nitrogen and oxygen atoms in total. The Hall–Kier alpha value is -1.22. The number of anilines is 1. The molecule has 0 saturated heterocycles. The molecule has 2 rings (SSSR count). The van der Waals surface area contributed by atoms with Crippen molar-refractivity contribution in [3.05, 3.63) is 29.0 Å². The van der Waals surface area contributed by atoms with Crippen LogP contribution >= 0.6 is 11.6 Å². The van der Waals surface area contributed by atoms with Gasteiger partial charge < -0.3 is 4.90 Å². The molecule has 0 spiro atoms. The van der Waals surface area contributed by atoms with E-state index in [9.17, 15) is 0 Å². The fourth-order valence-corrected chi connectivity index (χ4v) is 1.76. The fraction of sp³-hybridized carbons (Fsp3) is 0.300. The van der Waals surface area contributed by atoms with E-state index in [4.69, 9.17) is 11.6 Å². The van der Waals surface area contributed by atoms with E-state index in [1.807, 2.05) is 48.9 Å². The third-order valence-corrected chi connectivity index (χ3v) is 2.56. The summed E-state index contributed by atoms with van der Waals surface area (Å²) in [5, 5.41) is 4.99. The molecule has 0 amide bonds. The van der Waals surface area contributed by atoms with Crippen LogP contribution in [-0.2, 0) is 0 Å². The molecule has 2 aromatic rings. The van der Waals surface area contributed by atoms with Gasteiger partial charge in [-0.3, -0.25) is 0 Å². The lowest BCUT2D eigenvalue weighted by Crippen LogP contribution is -2.10. The molecule has 0 atom stereocenters. The minimum Gasteiger partial charge on any atom is -0.375 e. The van der Waals surface area contributed by atoms with Gasteiger partial charge in [0, 0.05) is 14.1 Å². The van der Waals surface area contributed by atoms with Crippen molar-refractivity contribution in [2.24, 2.45) is 0 Å². The predicted octanol–water partition coefficient (Wildman–Crippen LogP) is 2.36. The topological polar surface area (TPSA) is 20.5 Å². The van der Waals surface area contributed by atoms with Gasteiger partial charge in [-0.2, -0.15) is 5.10 Å². The van der Waals surface area contributed by atoms with Crippen LogP contribution in [0, 0.1) is 6.92 Å². The van der Waals surface area contributed by atoms with Gasteiger partial charge in [0.25, 0.3) is 0 Å². The largest absolute Gasteiger partial charge is 0.375 e. The molecule has 2 aromatic heterocycles. The third-order valence-electron chi connectivity index (χ3n) is 2.26. The Morgan fingerprint density at radius 3 is 2.79 bits per heavy atom. The molecule has 0 aromatic carbocycles. The lowest BCUT2D eigenvalue weighted by molar-refractivity contribution is 0.949. The molecule has 4 heteroatoms. The minimum absolute atomic E-state index is 0.756. The number of rotatable bonds is 1. The molecule has 0 radical (unpaired) electrons. The van der Waals surface area contributed by atoms with E-state index >= 15 is 0 Å². The average molecular weight is 210 g/mol. The first-order valence-electron chi connectivity index (χ1n) is 4.40. The molecule has 0 bridgehead atoms. The standard InChI is InChI=1S/C10H12ClN3/c1-7-5-12-14-6-10(13(2)3)8(11)4-9(7)14/h4-6H,1-3H3. The number of nitrogens with zero attached hydrogens (tertiary/aromatic N) is 3. The Labute approximate surface area is 87.9 Å². The number of pyridine rings is 1. The van der Waals surface area contributed by atoms with Crippen LogP contribution in [-0.4, -0.2) is 23.7 Å². The normalized spacial score (nSPS) is 10.9. The van der Waals surface area contributed by atoms with Gasteiger partial charge >= 0.3 is 0 Å². The molecule has 74 valence electrons. The van der Waals surface area contributed by atoms with E-state index < -0.39 is 0 Å². The van der Waals surface area contributed by atoms with Crippen LogP contribution in [0.3, 0.4) is 0 Å². The molecule has 0 aliphatic heterocycles. The second kappa shape index (κ2) is 3.17. The van der Waals surface area contributed by atoms with Crippen molar-refractivity contribution in [3.63, 3.8) is 0 Å². The lowest BCUT2D eigenvalue weighted by atomic mass is 10.3. The van der Waals surface area contributed by atoms with E-state index in [-0.39, 0.29) is 0 Å². The monoisotopic (exact) mass is 209 g/mol. The van der Waals surface area contributed by atoms with Gasteiger partial charge in [-0.1, -0.05) is 11.6 Å². The number of hydrogen-bond acceptors (Lipinski definition) is 2. The SMILES string of the molecule is Cc1cnn2cc(N(C)C)c(Cl)cc12. The summed E-state index contributed by atoms with van der Waals surface area (Å²) in [6.45, 7) is 2.02. The third kappa shape index (κ3) is 1.34. The molecular weight excluding hydrogens is 198 g/mol. The minimum atomic E-state index is 0.756. The van der Waals surface area contributed by atoms with E-state index in [0.717, 1.165) is 21.8 Å². The molecule has 0 fully saturated rings. The zero-order valence-corrected chi connectivity index (χ0v) is 9.21. The number of aryl methyl sites for hydroxylation is 1. The summed E-state index contributed by atoms with van der Waals surface area (Å²) in [6, 6.07) is 1.94.